The van der Waals surface area contributed by atoms with Crippen molar-refractivity contribution in [3.05, 3.63) is 28.8 Å². The van der Waals surface area contributed by atoms with Crippen LogP contribution in [-0.2, 0) is 8.85 Å². The lowest BCUT2D eigenvalue weighted by Crippen LogP contribution is -2.41. The van der Waals surface area contributed by atoms with Gasteiger partial charge in [0.05, 0.1) is 0 Å². The molecule has 0 amide bonds. The van der Waals surface area contributed by atoms with Gasteiger partial charge in [0.2, 0.25) is 0 Å². The van der Waals surface area contributed by atoms with Crippen molar-refractivity contribution in [2.24, 2.45) is 0 Å². The van der Waals surface area contributed by atoms with Crippen LogP contribution in [0.5, 0.6) is 0 Å². The van der Waals surface area contributed by atoms with Crippen LogP contribution >= 0.6 is 0 Å². The Bertz CT molecular complexity index is 346. The van der Waals surface area contributed by atoms with Crippen molar-refractivity contribution in [1.29, 1.82) is 0 Å². The van der Waals surface area contributed by atoms with Crippen LogP contribution in [0.15, 0.2) is 12.1 Å². The highest BCUT2D eigenvalue weighted by atomic mass is 28.3. The molecule has 0 aliphatic heterocycles. The molecule has 18 heavy (non-hydrogen) atoms. The molecular weight excluding hydrogens is 240 g/mol. The van der Waals surface area contributed by atoms with E-state index in [2.05, 4.69) is 46.8 Å². The molecule has 0 N–H and O–H groups in total. The fourth-order valence-corrected chi connectivity index (χ4v) is 4.02. The van der Waals surface area contributed by atoms with E-state index in [0.717, 1.165) is 26.1 Å². The Balaban J connectivity index is 2.95. The fourth-order valence-electron chi connectivity index (χ4n) is 2.08. The second kappa shape index (κ2) is 7.72. The average molecular weight is 265 g/mol. The second-order valence-corrected chi connectivity index (χ2v) is 6.41. The molecule has 0 aliphatic carbocycles. The predicted molar refractivity (Wildman–Crippen MR) is 78.5 cm³/mol. The van der Waals surface area contributed by atoms with Gasteiger partial charge in [-0.2, -0.15) is 0 Å². The molecule has 101 valence electrons. The summed E-state index contributed by atoms with van der Waals surface area (Å²) in [5.74, 6) is 0. The summed E-state index contributed by atoms with van der Waals surface area (Å²) in [6.07, 6.45) is 2.07. The molecule has 1 aromatic rings. The van der Waals surface area contributed by atoms with Crippen molar-refractivity contribution in [1.82, 2.24) is 0 Å². The largest absolute Gasteiger partial charge is 0.424 e. The third-order valence-electron chi connectivity index (χ3n) is 2.76. The van der Waals surface area contributed by atoms with E-state index in [0.29, 0.717) is 0 Å². The van der Waals surface area contributed by atoms with E-state index in [4.69, 9.17) is 8.85 Å². The van der Waals surface area contributed by atoms with Gasteiger partial charge in [0.25, 0.3) is 0 Å². The Morgan fingerprint density at radius 3 is 1.72 bits per heavy atom. The van der Waals surface area contributed by atoms with Gasteiger partial charge >= 0.3 is 9.28 Å². The van der Waals surface area contributed by atoms with Crippen molar-refractivity contribution in [2.75, 3.05) is 13.2 Å². The number of rotatable bonds is 7. The first kappa shape index (κ1) is 15.4. The van der Waals surface area contributed by atoms with E-state index in [1.165, 1.54) is 21.9 Å². The van der Waals surface area contributed by atoms with E-state index in [1.54, 1.807) is 0 Å². The van der Waals surface area contributed by atoms with Gasteiger partial charge in [-0.15, -0.1) is 0 Å². The smallest absolute Gasteiger partial charge is 0.390 e. The summed E-state index contributed by atoms with van der Waals surface area (Å²) >= 11 is 0. The molecule has 3 heteroatoms. The molecular formula is C15H25O2Si. The maximum Gasteiger partial charge on any atom is 0.424 e. The first-order chi connectivity index (χ1) is 8.60. The first-order valence-electron chi connectivity index (χ1n) is 6.80. The zero-order valence-electron chi connectivity index (χ0n) is 12.3. The summed E-state index contributed by atoms with van der Waals surface area (Å²) in [4.78, 5) is 0. The predicted octanol–water partition coefficient (Wildman–Crippen LogP) is 3.16. The van der Waals surface area contributed by atoms with Crippen LogP contribution in [0.2, 0.25) is 0 Å². The van der Waals surface area contributed by atoms with Crippen LogP contribution in [0, 0.1) is 20.8 Å². The van der Waals surface area contributed by atoms with Crippen LogP contribution in [0.3, 0.4) is 0 Å². The van der Waals surface area contributed by atoms with Gasteiger partial charge in [-0.1, -0.05) is 31.5 Å². The van der Waals surface area contributed by atoms with Crippen LogP contribution in [0.25, 0.3) is 0 Å². The minimum absolute atomic E-state index is 0.783. The summed E-state index contributed by atoms with van der Waals surface area (Å²) in [6, 6.07) is 4.44. The molecule has 1 aromatic carbocycles. The molecule has 0 saturated heterocycles. The Kier molecular flexibility index (Phi) is 6.61. The Morgan fingerprint density at radius 1 is 0.889 bits per heavy atom. The van der Waals surface area contributed by atoms with Crippen molar-refractivity contribution in [3.63, 3.8) is 0 Å². The summed E-state index contributed by atoms with van der Waals surface area (Å²) in [5, 5.41) is 1.30. The monoisotopic (exact) mass is 265 g/mol. The van der Waals surface area contributed by atoms with E-state index in [9.17, 15) is 0 Å². The normalized spacial score (nSPS) is 11.2. The van der Waals surface area contributed by atoms with Crippen molar-refractivity contribution in [3.8, 4) is 0 Å². The highest BCUT2D eigenvalue weighted by Crippen LogP contribution is 2.09. The zero-order chi connectivity index (χ0) is 13.5. The van der Waals surface area contributed by atoms with Crippen LogP contribution in [0.1, 0.15) is 43.4 Å². The summed E-state index contributed by atoms with van der Waals surface area (Å²) in [7, 11) is -1.32. The van der Waals surface area contributed by atoms with E-state index in [1.807, 2.05) is 0 Å². The summed E-state index contributed by atoms with van der Waals surface area (Å²) in [6.45, 7) is 12.3. The standard InChI is InChI=1S/C15H25O2Si/c1-6-8-16-18(17-9-7-2)15-13(4)10-12(3)11-14(15)5/h10-11H,6-9H2,1-5H3. The molecule has 0 aromatic heterocycles. The Morgan fingerprint density at radius 2 is 1.33 bits per heavy atom. The molecule has 1 rings (SSSR count). The van der Waals surface area contributed by atoms with Gasteiger partial charge in [-0.3, -0.25) is 0 Å². The molecule has 1 radical (unpaired) electrons. The molecule has 0 saturated carbocycles. The SMILES string of the molecule is CCCO[Si](OCCC)c1c(C)cc(C)cc1C. The Hall–Kier alpha value is -0.643. The number of aryl methyl sites for hydroxylation is 3. The molecule has 0 bridgehead atoms. The lowest BCUT2D eigenvalue weighted by molar-refractivity contribution is 0.207. The Labute approximate surface area is 113 Å². The zero-order valence-corrected chi connectivity index (χ0v) is 13.3. The summed E-state index contributed by atoms with van der Waals surface area (Å²) in [5.41, 5.74) is 3.91. The topological polar surface area (TPSA) is 18.5 Å². The van der Waals surface area contributed by atoms with Crippen molar-refractivity contribution >= 4 is 14.5 Å². The van der Waals surface area contributed by atoms with Gasteiger partial charge in [0, 0.05) is 18.4 Å². The van der Waals surface area contributed by atoms with Gasteiger partial charge in [0.15, 0.2) is 0 Å². The van der Waals surface area contributed by atoms with Crippen LogP contribution in [-0.4, -0.2) is 22.5 Å². The molecule has 0 aliphatic rings. The molecule has 0 spiro atoms. The van der Waals surface area contributed by atoms with Gasteiger partial charge in [-0.25, -0.2) is 0 Å². The van der Waals surface area contributed by atoms with Gasteiger partial charge in [0.1, 0.15) is 0 Å². The maximum absolute atomic E-state index is 5.96. The third-order valence-corrected chi connectivity index (χ3v) is 4.89. The molecule has 0 atom stereocenters. The lowest BCUT2D eigenvalue weighted by atomic mass is 10.1. The van der Waals surface area contributed by atoms with Crippen molar-refractivity contribution in [2.45, 2.75) is 47.5 Å². The van der Waals surface area contributed by atoms with Crippen LogP contribution in [0.4, 0.5) is 0 Å². The second-order valence-electron chi connectivity index (χ2n) is 4.76. The lowest BCUT2D eigenvalue weighted by Gasteiger charge is -2.19. The summed E-state index contributed by atoms with van der Waals surface area (Å²) < 4.78 is 11.9. The molecule has 0 fully saturated rings. The number of hydrogen-bond acceptors (Lipinski definition) is 2. The molecule has 2 nitrogen and oxygen atoms in total. The highest BCUT2D eigenvalue weighted by Gasteiger charge is 2.23. The first-order valence-corrected chi connectivity index (χ1v) is 8.12. The van der Waals surface area contributed by atoms with E-state index in [-0.39, 0.29) is 0 Å². The fraction of sp³-hybridized carbons (Fsp3) is 0.600. The van der Waals surface area contributed by atoms with Gasteiger partial charge < -0.3 is 8.85 Å². The number of benzene rings is 1. The van der Waals surface area contributed by atoms with Crippen LogP contribution < -0.4 is 5.19 Å². The minimum atomic E-state index is -1.32. The maximum atomic E-state index is 5.96. The average Bonchev–Trinajstić information content (AvgIpc) is 2.30. The van der Waals surface area contributed by atoms with Crippen molar-refractivity contribution < 1.29 is 8.85 Å². The molecule has 0 unspecified atom stereocenters. The number of hydrogen-bond donors (Lipinski definition) is 0. The quantitative estimate of drug-likeness (QED) is 0.705. The van der Waals surface area contributed by atoms with Gasteiger partial charge in [-0.05, 0) is 44.7 Å². The molecule has 0 heterocycles. The van der Waals surface area contributed by atoms with E-state index >= 15 is 0 Å². The third kappa shape index (κ3) is 4.23. The highest BCUT2D eigenvalue weighted by molar-refractivity contribution is 6.62. The minimum Gasteiger partial charge on any atom is -0.390 e. The van der Waals surface area contributed by atoms with E-state index < -0.39 is 9.28 Å².